The maximum atomic E-state index is 12.3. The number of carbonyl (C=O) groups is 2. The summed E-state index contributed by atoms with van der Waals surface area (Å²) in [4.78, 5) is 26.4. The largest absolute Gasteiger partial charge is 0.338 e. The van der Waals surface area contributed by atoms with Crippen LogP contribution in [-0.2, 0) is 10.3 Å². The number of carbonyl (C=O) groups excluding carboxylic acids is 2. The summed E-state index contributed by atoms with van der Waals surface area (Å²) >= 11 is 0. The van der Waals surface area contributed by atoms with E-state index in [9.17, 15) is 9.59 Å². The first kappa shape index (κ1) is 17.0. The Morgan fingerprint density at radius 1 is 1.17 bits per heavy atom. The maximum Gasteiger partial charge on any atom is 0.321 e. The normalized spacial score (nSPS) is 26.4. The zero-order chi connectivity index (χ0) is 17.2. The van der Waals surface area contributed by atoms with Crippen molar-refractivity contribution in [3.05, 3.63) is 35.9 Å². The molecule has 0 heterocycles. The molecule has 130 valence electrons. The lowest BCUT2D eigenvalue weighted by molar-refractivity contribution is -0.132. The third-order valence-electron chi connectivity index (χ3n) is 5.72. The summed E-state index contributed by atoms with van der Waals surface area (Å²) in [7, 11) is 4.10. The summed E-state index contributed by atoms with van der Waals surface area (Å²) in [6, 6.07) is 9.93. The molecule has 0 unspecified atom stereocenters. The molecule has 2 aliphatic carbocycles. The van der Waals surface area contributed by atoms with Crippen molar-refractivity contribution in [1.82, 2.24) is 15.5 Å². The molecular weight excluding hydrogens is 302 g/mol. The number of hydrogen-bond acceptors (Lipinski definition) is 3. The number of nitrogens with one attached hydrogen (secondary N) is 2. The molecule has 0 saturated heterocycles. The highest BCUT2D eigenvalue weighted by Crippen LogP contribution is 2.49. The van der Waals surface area contributed by atoms with E-state index in [2.05, 4.69) is 27.7 Å². The second-order valence-corrected chi connectivity index (χ2v) is 7.39. The van der Waals surface area contributed by atoms with Crippen molar-refractivity contribution in [2.45, 2.75) is 37.6 Å². The van der Waals surface area contributed by atoms with Gasteiger partial charge in [-0.25, -0.2) is 4.79 Å². The van der Waals surface area contributed by atoms with E-state index >= 15 is 0 Å². The van der Waals surface area contributed by atoms with Gasteiger partial charge in [-0.1, -0.05) is 36.8 Å². The number of nitrogens with zero attached hydrogens (tertiary/aromatic N) is 1. The molecule has 3 rings (SSSR count). The van der Waals surface area contributed by atoms with Crippen LogP contribution in [0, 0.1) is 11.8 Å². The van der Waals surface area contributed by atoms with E-state index in [0.29, 0.717) is 12.5 Å². The Morgan fingerprint density at radius 3 is 2.38 bits per heavy atom. The Labute approximate surface area is 143 Å². The lowest BCUT2D eigenvalue weighted by atomic mass is 9.63. The number of rotatable bonds is 5. The Kier molecular flexibility index (Phi) is 4.90. The number of benzene rings is 1. The molecule has 0 atom stereocenters. The van der Waals surface area contributed by atoms with Crippen LogP contribution in [0.3, 0.4) is 0 Å². The van der Waals surface area contributed by atoms with Crippen molar-refractivity contribution in [3.8, 4) is 0 Å². The van der Waals surface area contributed by atoms with Gasteiger partial charge in [0.15, 0.2) is 0 Å². The fourth-order valence-electron chi connectivity index (χ4n) is 3.74. The highest BCUT2D eigenvalue weighted by Gasteiger charge is 2.50. The van der Waals surface area contributed by atoms with Crippen LogP contribution in [0.15, 0.2) is 30.3 Å². The smallest absolute Gasteiger partial charge is 0.321 e. The van der Waals surface area contributed by atoms with E-state index in [1.54, 1.807) is 0 Å². The highest BCUT2D eigenvalue weighted by molar-refractivity contribution is 5.96. The monoisotopic (exact) mass is 329 g/mol. The van der Waals surface area contributed by atoms with Crippen molar-refractivity contribution in [2.24, 2.45) is 11.8 Å². The summed E-state index contributed by atoms with van der Waals surface area (Å²) in [6.45, 7) is 0.676. The Balaban J connectivity index is 1.52. The zero-order valence-electron chi connectivity index (χ0n) is 14.5. The topological polar surface area (TPSA) is 61.4 Å². The van der Waals surface area contributed by atoms with Crippen molar-refractivity contribution in [2.75, 3.05) is 20.6 Å². The van der Waals surface area contributed by atoms with Crippen LogP contribution in [0.5, 0.6) is 0 Å². The predicted octanol–water partition coefficient (Wildman–Crippen LogP) is 2.48. The molecule has 0 bridgehead atoms. The van der Waals surface area contributed by atoms with E-state index in [-0.39, 0.29) is 23.4 Å². The molecule has 0 spiro atoms. The molecule has 24 heavy (non-hydrogen) atoms. The van der Waals surface area contributed by atoms with E-state index in [1.807, 2.05) is 32.3 Å². The Morgan fingerprint density at radius 2 is 1.83 bits per heavy atom. The third-order valence-corrected chi connectivity index (χ3v) is 5.72. The minimum Gasteiger partial charge on any atom is -0.338 e. The summed E-state index contributed by atoms with van der Waals surface area (Å²) in [5, 5.41) is 5.32. The molecule has 2 aliphatic rings. The molecular formula is C19H27N3O2. The molecule has 0 radical (unpaired) electrons. The summed E-state index contributed by atoms with van der Waals surface area (Å²) < 4.78 is 0. The van der Waals surface area contributed by atoms with Crippen molar-refractivity contribution in [1.29, 1.82) is 0 Å². The maximum absolute atomic E-state index is 12.3. The molecule has 2 N–H and O–H groups in total. The highest BCUT2D eigenvalue weighted by atomic mass is 16.2. The van der Waals surface area contributed by atoms with Crippen LogP contribution in [-0.4, -0.2) is 37.5 Å². The third kappa shape index (κ3) is 3.31. The van der Waals surface area contributed by atoms with Crippen molar-refractivity contribution >= 4 is 11.9 Å². The molecule has 2 fully saturated rings. The van der Waals surface area contributed by atoms with E-state index in [0.717, 1.165) is 12.8 Å². The van der Waals surface area contributed by atoms with E-state index in [4.69, 9.17) is 0 Å². The summed E-state index contributed by atoms with van der Waals surface area (Å²) in [5.41, 5.74) is 1.12. The second kappa shape index (κ2) is 6.93. The van der Waals surface area contributed by atoms with Crippen LogP contribution >= 0.6 is 0 Å². The molecule has 0 aromatic heterocycles. The number of hydrogen-bond donors (Lipinski definition) is 2. The SMILES string of the molecule is CN(C)[C@]1(c2ccccc2)C[C@H](C(=O)NC(=O)NCC2CCC2)C1. The number of amides is 3. The first-order valence-electron chi connectivity index (χ1n) is 8.83. The standard InChI is InChI=1S/C19H27N3O2/c1-22(2)19(16-9-4-3-5-10-16)11-15(12-19)17(23)21-18(24)20-13-14-7-6-8-14/h3-5,9-10,14-15H,6-8,11-13H2,1-2H3,(H2,20,21,23,24)/t15-,19+. The lowest BCUT2D eigenvalue weighted by Crippen LogP contribution is -2.57. The van der Waals surface area contributed by atoms with Crippen LogP contribution in [0.25, 0.3) is 0 Å². The van der Waals surface area contributed by atoms with Gasteiger partial charge in [0.1, 0.15) is 0 Å². The van der Waals surface area contributed by atoms with Crippen LogP contribution < -0.4 is 10.6 Å². The first-order valence-corrected chi connectivity index (χ1v) is 8.83. The fourth-order valence-corrected chi connectivity index (χ4v) is 3.74. The van der Waals surface area contributed by atoms with Gasteiger partial charge in [-0.15, -0.1) is 0 Å². The lowest BCUT2D eigenvalue weighted by Gasteiger charge is -2.51. The fraction of sp³-hybridized carbons (Fsp3) is 0.579. The Bertz CT molecular complexity index is 590. The van der Waals surface area contributed by atoms with Crippen molar-refractivity contribution < 1.29 is 9.59 Å². The van der Waals surface area contributed by atoms with E-state index < -0.39 is 0 Å². The van der Waals surface area contributed by atoms with Gasteiger partial charge >= 0.3 is 6.03 Å². The quantitative estimate of drug-likeness (QED) is 0.872. The minimum absolute atomic E-state index is 0.105. The molecule has 5 heteroatoms. The molecule has 3 amide bonds. The van der Waals surface area contributed by atoms with Gasteiger partial charge in [-0.05, 0) is 51.3 Å². The molecule has 5 nitrogen and oxygen atoms in total. The number of imide groups is 1. The minimum atomic E-state index is -0.353. The summed E-state index contributed by atoms with van der Waals surface area (Å²) in [5.74, 6) is 0.325. The second-order valence-electron chi connectivity index (χ2n) is 7.39. The van der Waals surface area contributed by atoms with E-state index in [1.165, 1.54) is 24.8 Å². The Hall–Kier alpha value is -1.88. The van der Waals surface area contributed by atoms with Gasteiger partial charge in [-0.3, -0.25) is 15.0 Å². The molecule has 1 aromatic carbocycles. The average Bonchev–Trinajstić information content (AvgIpc) is 2.45. The molecule has 2 saturated carbocycles. The van der Waals surface area contributed by atoms with Gasteiger partial charge in [0.05, 0.1) is 0 Å². The van der Waals surface area contributed by atoms with Crippen LogP contribution in [0.1, 0.15) is 37.7 Å². The van der Waals surface area contributed by atoms with Gasteiger partial charge in [0, 0.05) is 18.0 Å². The zero-order valence-corrected chi connectivity index (χ0v) is 14.5. The van der Waals surface area contributed by atoms with Crippen LogP contribution in [0.2, 0.25) is 0 Å². The molecule has 1 aromatic rings. The molecule has 0 aliphatic heterocycles. The van der Waals surface area contributed by atoms with Gasteiger partial charge in [-0.2, -0.15) is 0 Å². The first-order chi connectivity index (χ1) is 11.5. The van der Waals surface area contributed by atoms with Crippen molar-refractivity contribution in [3.63, 3.8) is 0 Å². The number of urea groups is 1. The van der Waals surface area contributed by atoms with Crippen LogP contribution in [0.4, 0.5) is 4.79 Å². The van der Waals surface area contributed by atoms with Gasteiger partial charge in [0.2, 0.25) is 5.91 Å². The predicted molar refractivity (Wildman–Crippen MR) is 93.4 cm³/mol. The van der Waals surface area contributed by atoms with Gasteiger partial charge in [0.25, 0.3) is 0 Å². The summed E-state index contributed by atoms with van der Waals surface area (Å²) in [6.07, 6.45) is 5.09. The average molecular weight is 329 g/mol. The van der Waals surface area contributed by atoms with Gasteiger partial charge < -0.3 is 5.32 Å².